The number of halogens is 1. The number of carbonyl (C=O) groups is 3. The third-order valence-electron chi connectivity index (χ3n) is 3.13. The molecule has 6 nitrogen and oxygen atoms in total. The van der Waals surface area contributed by atoms with E-state index >= 15 is 0 Å². The number of benzene rings is 2. The quantitative estimate of drug-likeness (QED) is 0.742. The van der Waals surface area contributed by atoms with Gasteiger partial charge in [-0.25, -0.2) is 0 Å². The highest BCUT2D eigenvalue weighted by atomic mass is 35.5. The van der Waals surface area contributed by atoms with Crippen molar-refractivity contribution >= 4 is 40.8 Å². The highest BCUT2D eigenvalue weighted by Gasteiger charge is 2.11. The van der Waals surface area contributed by atoms with Crippen LogP contribution in [-0.4, -0.2) is 24.4 Å². The van der Waals surface area contributed by atoms with Crippen molar-refractivity contribution in [1.29, 1.82) is 0 Å². The van der Waals surface area contributed by atoms with Crippen molar-refractivity contribution in [2.75, 3.05) is 17.2 Å². The maximum absolute atomic E-state index is 11.8. The molecule has 130 valence electrons. The van der Waals surface area contributed by atoms with Gasteiger partial charge in [0.15, 0.2) is 6.61 Å². The van der Waals surface area contributed by atoms with Crippen LogP contribution in [0.15, 0.2) is 54.6 Å². The number of amides is 2. The molecular weight excluding hydrogens is 344 g/mol. The molecule has 0 atom stereocenters. The van der Waals surface area contributed by atoms with E-state index in [9.17, 15) is 14.4 Å². The Morgan fingerprint density at radius 1 is 0.840 bits per heavy atom. The molecule has 0 heterocycles. The average Bonchev–Trinajstić information content (AvgIpc) is 2.61. The molecule has 0 aromatic heterocycles. The van der Waals surface area contributed by atoms with Gasteiger partial charge in [0, 0.05) is 12.1 Å². The fourth-order valence-electron chi connectivity index (χ4n) is 1.93. The van der Waals surface area contributed by atoms with Crippen LogP contribution in [0.25, 0.3) is 0 Å². The SMILES string of the molecule is O=C(COC(=O)CCC(=O)Nc1ccccc1Cl)Nc1ccccc1. The molecule has 0 unspecified atom stereocenters. The first-order chi connectivity index (χ1) is 12.0. The molecule has 25 heavy (non-hydrogen) atoms. The van der Waals surface area contributed by atoms with Crippen LogP contribution in [0.4, 0.5) is 11.4 Å². The minimum Gasteiger partial charge on any atom is -0.456 e. The number of ether oxygens (including phenoxy) is 1. The zero-order valence-electron chi connectivity index (χ0n) is 13.3. The highest BCUT2D eigenvalue weighted by molar-refractivity contribution is 6.33. The summed E-state index contributed by atoms with van der Waals surface area (Å²) in [5, 5.41) is 5.61. The van der Waals surface area contributed by atoms with Crippen LogP contribution in [-0.2, 0) is 19.1 Å². The predicted octanol–water partition coefficient (Wildman–Crippen LogP) is 3.24. The third-order valence-corrected chi connectivity index (χ3v) is 3.46. The number of hydrogen-bond acceptors (Lipinski definition) is 4. The summed E-state index contributed by atoms with van der Waals surface area (Å²) in [6, 6.07) is 15.6. The molecule has 2 aromatic carbocycles. The molecule has 2 N–H and O–H groups in total. The van der Waals surface area contributed by atoms with Crippen molar-refractivity contribution in [3.63, 3.8) is 0 Å². The first-order valence-corrected chi connectivity index (χ1v) is 7.97. The average molecular weight is 361 g/mol. The van der Waals surface area contributed by atoms with Crippen molar-refractivity contribution in [1.82, 2.24) is 0 Å². The normalized spacial score (nSPS) is 9.96. The second kappa shape index (κ2) is 9.44. The van der Waals surface area contributed by atoms with Gasteiger partial charge in [0.1, 0.15) is 0 Å². The number of para-hydroxylation sites is 2. The van der Waals surface area contributed by atoms with Crippen molar-refractivity contribution in [3.05, 3.63) is 59.6 Å². The minimum absolute atomic E-state index is 0.0651. The van der Waals surface area contributed by atoms with Crippen LogP contribution >= 0.6 is 11.6 Å². The summed E-state index contributed by atoms with van der Waals surface area (Å²) in [4.78, 5) is 35.1. The van der Waals surface area contributed by atoms with Crippen molar-refractivity contribution in [3.8, 4) is 0 Å². The van der Waals surface area contributed by atoms with Gasteiger partial charge >= 0.3 is 5.97 Å². The van der Waals surface area contributed by atoms with Gasteiger partial charge in [-0.2, -0.15) is 0 Å². The van der Waals surface area contributed by atoms with E-state index in [1.165, 1.54) is 0 Å². The van der Waals surface area contributed by atoms with E-state index in [4.69, 9.17) is 16.3 Å². The lowest BCUT2D eigenvalue weighted by atomic mass is 10.2. The molecule has 0 saturated carbocycles. The summed E-state index contributed by atoms with van der Waals surface area (Å²) in [5.41, 5.74) is 1.09. The Kier molecular flexibility index (Phi) is 6.98. The van der Waals surface area contributed by atoms with Crippen LogP contribution in [0.2, 0.25) is 5.02 Å². The zero-order valence-corrected chi connectivity index (χ0v) is 14.1. The van der Waals surface area contributed by atoms with Crippen LogP contribution < -0.4 is 10.6 Å². The summed E-state index contributed by atoms with van der Waals surface area (Å²) in [6.45, 7) is -0.403. The number of rotatable bonds is 7. The predicted molar refractivity (Wildman–Crippen MR) is 95.3 cm³/mol. The lowest BCUT2D eigenvalue weighted by molar-refractivity contribution is -0.147. The van der Waals surface area contributed by atoms with E-state index in [0.29, 0.717) is 16.4 Å². The second-order valence-corrected chi connectivity index (χ2v) is 5.51. The monoisotopic (exact) mass is 360 g/mol. The maximum Gasteiger partial charge on any atom is 0.306 e. The molecule has 2 rings (SSSR count). The van der Waals surface area contributed by atoms with Gasteiger partial charge in [0.2, 0.25) is 5.91 Å². The van der Waals surface area contributed by atoms with Gasteiger partial charge in [-0.1, -0.05) is 41.9 Å². The Morgan fingerprint density at radius 3 is 2.24 bits per heavy atom. The molecule has 2 amide bonds. The first-order valence-electron chi connectivity index (χ1n) is 7.59. The fourth-order valence-corrected chi connectivity index (χ4v) is 2.11. The fraction of sp³-hybridized carbons (Fsp3) is 0.167. The van der Waals surface area contributed by atoms with E-state index in [1.807, 2.05) is 6.07 Å². The summed E-state index contributed by atoms with van der Waals surface area (Å²) >= 11 is 5.93. The third kappa shape index (κ3) is 6.64. The number of anilines is 2. The number of esters is 1. The van der Waals surface area contributed by atoms with Gasteiger partial charge in [-0.05, 0) is 24.3 Å². The molecular formula is C18H17ClN2O4. The molecule has 2 aromatic rings. The van der Waals surface area contributed by atoms with Gasteiger partial charge in [-0.15, -0.1) is 0 Å². The van der Waals surface area contributed by atoms with E-state index in [1.54, 1.807) is 48.5 Å². The van der Waals surface area contributed by atoms with Gasteiger partial charge < -0.3 is 15.4 Å². The van der Waals surface area contributed by atoms with E-state index in [2.05, 4.69) is 10.6 Å². The lowest BCUT2D eigenvalue weighted by Crippen LogP contribution is -2.21. The van der Waals surface area contributed by atoms with E-state index in [-0.39, 0.29) is 18.7 Å². The lowest BCUT2D eigenvalue weighted by Gasteiger charge is -2.08. The molecule has 0 aliphatic heterocycles. The van der Waals surface area contributed by atoms with Crippen LogP contribution in [0, 0.1) is 0 Å². The topological polar surface area (TPSA) is 84.5 Å². The maximum atomic E-state index is 11.8. The molecule has 0 aliphatic rings. The summed E-state index contributed by atoms with van der Waals surface area (Å²) in [5.74, 6) is -1.43. The van der Waals surface area contributed by atoms with Crippen molar-refractivity contribution < 1.29 is 19.1 Å². The van der Waals surface area contributed by atoms with Crippen molar-refractivity contribution in [2.45, 2.75) is 12.8 Å². The van der Waals surface area contributed by atoms with Gasteiger partial charge in [0.05, 0.1) is 17.1 Å². The Hall–Kier alpha value is -2.86. The Balaban J connectivity index is 1.67. The van der Waals surface area contributed by atoms with Crippen LogP contribution in [0.1, 0.15) is 12.8 Å². The second-order valence-electron chi connectivity index (χ2n) is 5.10. The van der Waals surface area contributed by atoms with Gasteiger partial charge in [0.25, 0.3) is 5.91 Å². The molecule has 0 bridgehead atoms. The summed E-state index contributed by atoms with van der Waals surface area (Å²) < 4.78 is 4.84. The zero-order chi connectivity index (χ0) is 18.1. The molecule has 0 radical (unpaired) electrons. The molecule has 0 aliphatic carbocycles. The van der Waals surface area contributed by atoms with E-state index < -0.39 is 18.5 Å². The van der Waals surface area contributed by atoms with E-state index in [0.717, 1.165) is 0 Å². The minimum atomic E-state index is -0.627. The van der Waals surface area contributed by atoms with Crippen molar-refractivity contribution in [2.24, 2.45) is 0 Å². The molecule has 0 fully saturated rings. The summed E-state index contributed by atoms with van der Waals surface area (Å²) in [7, 11) is 0. The number of carbonyl (C=O) groups excluding carboxylic acids is 3. The Labute approximate surface area is 150 Å². The molecule has 0 saturated heterocycles. The molecule has 0 spiro atoms. The van der Waals surface area contributed by atoms with Crippen LogP contribution in [0.3, 0.4) is 0 Å². The largest absolute Gasteiger partial charge is 0.456 e. The first kappa shape index (κ1) is 18.5. The number of nitrogens with one attached hydrogen (secondary N) is 2. The molecule has 7 heteroatoms. The van der Waals surface area contributed by atoms with Gasteiger partial charge in [-0.3, -0.25) is 14.4 Å². The Bertz CT molecular complexity index is 750. The van der Waals surface area contributed by atoms with Crippen LogP contribution in [0.5, 0.6) is 0 Å². The number of hydrogen-bond donors (Lipinski definition) is 2. The standard InChI is InChI=1S/C18H17ClN2O4/c19-14-8-4-5-9-15(14)21-16(22)10-11-18(24)25-12-17(23)20-13-6-2-1-3-7-13/h1-9H,10-12H2,(H,20,23)(H,21,22). The Morgan fingerprint density at radius 2 is 1.52 bits per heavy atom. The highest BCUT2D eigenvalue weighted by Crippen LogP contribution is 2.20. The summed E-state index contributed by atoms with van der Waals surface area (Å²) in [6.07, 6.45) is -0.195. The smallest absolute Gasteiger partial charge is 0.306 e.